The lowest BCUT2D eigenvalue weighted by atomic mass is 10.00. The molecule has 0 radical (unpaired) electrons. The average molecular weight is 394 g/mol. The van der Waals surface area contributed by atoms with Crippen LogP contribution in [0.3, 0.4) is 0 Å². The molecule has 1 aliphatic rings. The van der Waals surface area contributed by atoms with Crippen LogP contribution < -0.4 is 10.1 Å². The second-order valence-corrected chi connectivity index (χ2v) is 7.79. The number of hydrogen-bond donors (Lipinski definition) is 1. The van der Waals surface area contributed by atoms with Crippen LogP contribution in [0.4, 0.5) is 5.13 Å². The molecule has 0 aliphatic carbocycles. The summed E-state index contributed by atoms with van der Waals surface area (Å²) in [5.41, 5.74) is 3.82. The van der Waals surface area contributed by atoms with E-state index in [0.29, 0.717) is 10.9 Å². The number of benzene rings is 2. The van der Waals surface area contributed by atoms with Gasteiger partial charge in [-0.25, -0.2) is 4.98 Å². The third kappa shape index (κ3) is 4.58. The highest BCUT2D eigenvalue weighted by molar-refractivity contribution is 7.13. The number of nitrogens with one attached hydrogen (secondary N) is 1. The number of para-hydroxylation sites is 1. The van der Waals surface area contributed by atoms with Gasteiger partial charge in [-0.05, 0) is 36.6 Å². The molecule has 3 aromatic rings. The topological polar surface area (TPSA) is 54.5 Å². The fourth-order valence-electron chi connectivity index (χ4n) is 3.32. The van der Waals surface area contributed by atoms with Gasteiger partial charge in [0.05, 0.1) is 5.69 Å². The van der Waals surface area contributed by atoms with E-state index in [9.17, 15) is 4.79 Å². The number of aromatic nitrogens is 1. The van der Waals surface area contributed by atoms with Crippen LogP contribution in [0.1, 0.15) is 23.7 Å². The predicted molar refractivity (Wildman–Crippen MR) is 112 cm³/mol. The Morgan fingerprint density at radius 2 is 1.93 bits per heavy atom. The molecule has 2 heterocycles. The molecule has 1 aliphatic heterocycles. The number of nitrogens with zero attached hydrogens (tertiary/aromatic N) is 2. The highest BCUT2D eigenvalue weighted by Crippen LogP contribution is 2.22. The molecule has 144 valence electrons. The van der Waals surface area contributed by atoms with Gasteiger partial charge in [0.1, 0.15) is 5.75 Å². The fourth-order valence-corrected chi connectivity index (χ4v) is 4.02. The Morgan fingerprint density at radius 3 is 2.75 bits per heavy atom. The lowest BCUT2D eigenvalue weighted by Gasteiger charge is -2.27. The zero-order valence-corrected chi connectivity index (χ0v) is 16.6. The molecule has 2 aromatic carbocycles. The maximum Gasteiger partial charge on any atom is 0.266 e. The van der Waals surface area contributed by atoms with E-state index in [-0.39, 0.29) is 5.91 Å². The number of amides is 1. The largest absolute Gasteiger partial charge is 0.481 e. The number of rotatable bonds is 6. The van der Waals surface area contributed by atoms with E-state index in [0.717, 1.165) is 31.7 Å². The Morgan fingerprint density at radius 1 is 1.18 bits per heavy atom. The number of thiazole rings is 1. The predicted octanol–water partition coefficient (Wildman–Crippen LogP) is 4.11. The van der Waals surface area contributed by atoms with Crippen LogP contribution in [-0.4, -0.2) is 28.4 Å². The van der Waals surface area contributed by atoms with Gasteiger partial charge in [0, 0.05) is 25.0 Å². The molecule has 5 nitrogen and oxygen atoms in total. The van der Waals surface area contributed by atoms with Crippen LogP contribution in [0, 0.1) is 0 Å². The van der Waals surface area contributed by atoms with Crippen LogP contribution >= 0.6 is 11.3 Å². The smallest absolute Gasteiger partial charge is 0.266 e. The fraction of sp³-hybridized carbons (Fsp3) is 0.273. The van der Waals surface area contributed by atoms with Gasteiger partial charge < -0.3 is 4.74 Å². The van der Waals surface area contributed by atoms with Gasteiger partial charge in [-0.2, -0.15) is 0 Å². The van der Waals surface area contributed by atoms with Crippen LogP contribution in [0.5, 0.6) is 5.75 Å². The van der Waals surface area contributed by atoms with Gasteiger partial charge in [0.2, 0.25) is 0 Å². The summed E-state index contributed by atoms with van der Waals surface area (Å²) in [4.78, 5) is 19.3. The van der Waals surface area contributed by atoms with Crippen molar-refractivity contribution in [1.29, 1.82) is 0 Å². The summed E-state index contributed by atoms with van der Waals surface area (Å²) < 4.78 is 5.67. The monoisotopic (exact) mass is 393 g/mol. The molecule has 4 rings (SSSR count). The lowest BCUT2D eigenvalue weighted by molar-refractivity contribution is -0.122. The minimum Gasteiger partial charge on any atom is -0.481 e. The second kappa shape index (κ2) is 8.54. The Balaban J connectivity index is 1.31. The molecule has 0 bridgehead atoms. The molecule has 0 saturated carbocycles. The van der Waals surface area contributed by atoms with Gasteiger partial charge in [0.15, 0.2) is 11.2 Å². The number of carbonyl (C=O) groups is 1. The van der Waals surface area contributed by atoms with Crippen molar-refractivity contribution in [3.05, 3.63) is 76.8 Å². The molecule has 0 fully saturated rings. The first-order chi connectivity index (χ1) is 13.7. The first kappa shape index (κ1) is 18.7. The molecular weight excluding hydrogens is 370 g/mol. The number of hydrogen-bond acceptors (Lipinski definition) is 5. The summed E-state index contributed by atoms with van der Waals surface area (Å²) in [6.45, 7) is 4.49. The van der Waals surface area contributed by atoms with E-state index in [4.69, 9.17) is 4.74 Å². The molecule has 0 spiro atoms. The average Bonchev–Trinajstić information content (AvgIpc) is 3.15. The van der Waals surface area contributed by atoms with Crippen molar-refractivity contribution in [3.8, 4) is 5.75 Å². The van der Waals surface area contributed by atoms with E-state index >= 15 is 0 Å². The second-order valence-electron chi connectivity index (χ2n) is 6.94. The summed E-state index contributed by atoms with van der Waals surface area (Å²) in [6.07, 6.45) is 0.478. The number of anilines is 1. The third-order valence-electron chi connectivity index (χ3n) is 4.80. The van der Waals surface area contributed by atoms with Crippen molar-refractivity contribution in [1.82, 2.24) is 9.88 Å². The molecule has 6 heteroatoms. The van der Waals surface area contributed by atoms with Crippen molar-refractivity contribution < 1.29 is 9.53 Å². The first-order valence-electron chi connectivity index (χ1n) is 9.43. The van der Waals surface area contributed by atoms with Crippen LogP contribution in [0.15, 0.2) is 60.0 Å². The van der Waals surface area contributed by atoms with Crippen molar-refractivity contribution in [2.75, 3.05) is 11.9 Å². The minimum atomic E-state index is -0.589. The first-order valence-corrected chi connectivity index (χ1v) is 10.3. The zero-order valence-electron chi connectivity index (χ0n) is 15.8. The molecule has 1 atom stereocenters. The molecule has 0 saturated heterocycles. The molecule has 1 aromatic heterocycles. The summed E-state index contributed by atoms with van der Waals surface area (Å²) in [5.74, 6) is 0.479. The Kier molecular flexibility index (Phi) is 5.69. The normalized spacial score (nSPS) is 14.9. The number of fused-ring (bicyclic) bond motifs is 1. The minimum absolute atomic E-state index is 0.198. The summed E-state index contributed by atoms with van der Waals surface area (Å²) in [5, 5.41) is 5.48. The van der Waals surface area contributed by atoms with Crippen LogP contribution in [0.2, 0.25) is 0 Å². The van der Waals surface area contributed by atoms with Crippen molar-refractivity contribution in [2.24, 2.45) is 0 Å². The van der Waals surface area contributed by atoms with E-state index in [1.807, 2.05) is 35.7 Å². The van der Waals surface area contributed by atoms with Gasteiger partial charge in [-0.15, -0.1) is 11.3 Å². The van der Waals surface area contributed by atoms with Crippen LogP contribution in [-0.2, 0) is 24.3 Å². The molecular formula is C22H23N3O2S. The van der Waals surface area contributed by atoms with Crippen molar-refractivity contribution >= 4 is 22.4 Å². The van der Waals surface area contributed by atoms with Gasteiger partial charge >= 0.3 is 0 Å². The van der Waals surface area contributed by atoms with E-state index in [2.05, 4.69) is 39.5 Å². The standard InChI is InChI=1S/C22H23N3O2S/c1-16(27-20-9-3-2-4-10-20)21(26)24-22-23-19(15-28-22)14-25-12-11-17-7-5-6-8-18(17)13-25/h2-10,15-16H,11-14H2,1H3,(H,23,24,26)/t16-/m0/s1. The van der Waals surface area contributed by atoms with Crippen molar-refractivity contribution in [2.45, 2.75) is 32.5 Å². The van der Waals surface area contributed by atoms with E-state index in [1.165, 1.54) is 22.5 Å². The molecule has 0 unspecified atom stereocenters. The Hall–Kier alpha value is -2.70. The lowest BCUT2D eigenvalue weighted by Crippen LogP contribution is -2.30. The van der Waals surface area contributed by atoms with Gasteiger partial charge in [-0.1, -0.05) is 42.5 Å². The molecule has 1 N–H and O–H groups in total. The van der Waals surface area contributed by atoms with E-state index in [1.54, 1.807) is 6.92 Å². The summed E-state index contributed by atoms with van der Waals surface area (Å²) >= 11 is 1.45. The summed E-state index contributed by atoms with van der Waals surface area (Å²) in [7, 11) is 0. The maximum atomic E-state index is 12.4. The maximum absolute atomic E-state index is 12.4. The Labute approximate surface area is 169 Å². The highest BCUT2D eigenvalue weighted by atomic mass is 32.1. The number of carbonyl (C=O) groups excluding carboxylic acids is 1. The van der Waals surface area contributed by atoms with Crippen LogP contribution in [0.25, 0.3) is 0 Å². The molecule has 1 amide bonds. The van der Waals surface area contributed by atoms with E-state index < -0.39 is 6.10 Å². The highest BCUT2D eigenvalue weighted by Gasteiger charge is 2.19. The summed E-state index contributed by atoms with van der Waals surface area (Å²) in [6, 6.07) is 18.0. The van der Waals surface area contributed by atoms with Crippen molar-refractivity contribution in [3.63, 3.8) is 0 Å². The zero-order chi connectivity index (χ0) is 19.3. The number of ether oxygens (including phenoxy) is 1. The third-order valence-corrected chi connectivity index (χ3v) is 5.61. The SMILES string of the molecule is C[C@H](Oc1ccccc1)C(=O)Nc1nc(CN2CCc3ccccc3C2)cs1. The van der Waals surface area contributed by atoms with Gasteiger partial charge in [-0.3, -0.25) is 15.0 Å². The quantitative estimate of drug-likeness (QED) is 0.685. The Bertz CT molecular complexity index is 942. The molecule has 28 heavy (non-hydrogen) atoms. The van der Waals surface area contributed by atoms with Gasteiger partial charge in [0.25, 0.3) is 5.91 Å².